The molecule has 0 saturated carbocycles. The molecule has 1 aromatic carbocycles. The van der Waals surface area contributed by atoms with Gasteiger partial charge >= 0.3 is 0 Å². The molecular formula is C14H24N4O. The maximum atomic E-state index is 5.88. The predicted molar refractivity (Wildman–Crippen MR) is 80.4 cm³/mol. The van der Waals surface area contributed by atoms with Gasteiger partial charge in [-0.05, 0) is 19.7 Å². The summed E-state index contributed by atoms with van der Waals surface area (Å²) in [5.74, 6) is 0.438. The van der Waals surface area contributed by atoms with Crippen LogP contribution >= 0.6 is 0 Å². The Morgan fingerprint density at radius 1 is 1.42 bits per heavy atom. The molecule has 1 rings (SSSR count). The number of nitrogens with zero attached hydrogens (tertiary/aromatic N) is 2. The van der Waals surface area contributed by atoms with E-state index in [0.29, 0.717) is 19.1 Å². The molecule has 0 bridgehead atoms. The van der Waals surface area contributed by atoms with Crippen molar-refractivity contribution in [3.8, 4) is 0 Å². The minimum Gasteiger partial charge on any atom is -0.380 e. The van der Waals surface area contributed by atoms with Crippen molar-refractivity contribution in [3.05, 3.63) is 29.8 Å². The van der Waals surface area contributed by atoms with Crippen LogP contribution in [-0.4, -0.2) is 44.7 Å². The molecule has 0 fully saturated rings. The summed E-state index contributed by atoms with van der Waals surface area (Å²) in [6, 6.07) is 7.90. The lowest BCUT2D eigenvalue weighted by atomic mass is 10.2. The fraction of sp³-hybridized carbons (Fsp3) is 0.500. The van der Waals surface area contributed by atoms with Crippen LogP contribution in [0.1, 0.15) is 12.5 Å². The minimum absolute atomic E-state index is 0.438. The van der Waals surface area contributed by atoms with E-state index >= 15 is 0 Å². The third-order valence-electron chi connectivity index (χ3n) is 2.88. The Kier molecular flexibility index (Phi) is 6.92. The molecule has 3 N–H and O–H groups in total. The van der Waals surface area contributed by atoms with Crippen molar-refractivity contribution < 1.29 is 4.74 Å². The number of rotatable bonds is 7. The fourth-order valence-electron chi connectivity index (χ4n) is 1.60. The van der Waals surface area contributed by atoms with Gasteiger partial charge in [0.25, 0.3) is 0 Å². The van der Waals surface area contributed by atoms with Crippen LogP contribution in [-0.2, 0) is 11.3 Å². The molecule has 0 heterocycles. The van der Waals surface area contributed by atoms with E-state index in [1.165, 1.54) is 0 Å². The second kappa shape index (κ2) is 8.50. The highest BCUT2D eigenvalue weighted by atomic mass is 16.5. The maximum Gasteiger partial charge on any atom is 0.193 e. The van der Waals surface area contributed by atoms with Gasteiger partial charge in [0, 0.05) is 24.9 Å². The zero-order valence-electron chi connectivity index (χ0n) is 12.0. The van der Waals surface area contributed by atoms with Gasteiger partial charge in [0.2, 0.25) is 0 Å². The number of ether oxygens (including phenoxy) is 1. The van der Waals surface area contributed by atoms with E-state index < -0.39 is 0 Å². The second-order valence-electron chi connectivity index (χ2n) is 4.38. The zero-order chi connectivity index (χ0) is 14.1. The van der Waals surface area contributed by atoms with Crippen molar-refractivity contribution in [3.63, 3.8) is 0 Å². The van der Waals surface area contributed by atoms with Crippen LogP contribution in [0, 0.1) is 0 Å². The van der Waals surface area contributed by atoms with Gasteiger partial charge in [0.05, 0.1) is 13.2 Å². The van der Waals surface area contributed by atoms with Crippen LogP contribution in [0.4, 0.5) is 5.69 Å². The Balaban J connectivity index is 2.56. The molecule has 0 radical (unpaired) electrons. The molecule has 19 heavy (non-hydrogen) atoms. The molecule has 5 heteroatoms. The lowest BCUT2D eigenvalue weighted by Crippen LogP contribution is -2.26. The number of benzene rings is 1. The monoisotopic (exact) mass is 264 g/mol. The third-order valence-corrected chi connectivity index (χ3v) is 2.88. The number of likely N-dealkylation sites (N-methyl/N-ethyl adjacent to an activating group) is 1. The molecule has 0 amide bonds. The molecule has 5 nitrogen and oxygen atoms in total. The Morgan fingerprint density at radius 2 is 2.16 bits per heavy atom. The van der Waals surface area contributed by atoms with Gasteiger partial charge in [0.1, 0.15) is 0 Å². The van der Waals surface area contributed by atoms with Gasteiger partial charge in [-0.15, -0.1) is 0 Å². The highest BCUT2D eigenvalue weighted by Gasteiger charge is 2.02. The number of methoxy groups -OCH3 is 1. The minimum atomic E-state index is 0.438. The van der Waals surface area contributed by atoms with Crippen molar-refractivity contribution in [1.82, 2.24) is 4.90 Å². The number of aliphatic imine (C=N–C) groups is 1. The van der Waals surface area contributed by atoms with E-state index in [1.54, 1.807) is 7.11 Å². The second-order valence-corrected chi connectivity index (χ2v) is 4.38. The summed E-state index contributed by atoms with van der Waals surface area (Å²) in [5.41, 5.74) is 7.88. The molecular weight excluding hydrogens is 240 g/mol. The molecule has 1 aromatic rings. The average Bonchev–Trinajstić information content (AvgIpc) is 2.41. The van der Waals surface area contributed by atoms with Gasteiger partial charge < -0.3 is 20.7 Å². The summed E-state index contributed by atoms with van der Waals surface area (Å²) in [7, 11) is 3.74. The SMILES string of the molecule is CCN(C)CCN=C(N)Nc1ccccc1COC. The molecule has 0 spiro atoms. The zero-order valence-corrected chi connectivity index (χ0v) is 12.0. The first-order chi connectivity index (χ1) is 9.17. The van der Waals surface area contributed by atoms with Crippen LogP contribution < -0.4 is 11.1 Å². The van der Waals surface area contributed by atoms with Gasteiger partial charge in [-0.2, -0.15) is 0 Å². The quantitative estimate of drug-likeness (QED) is 0.579. The summed E-state index contributed by atoms with van der Waals surface area (Å²) < 4.78 is 5.15. The Labute approximate surface area is 115 Å². The van der Waals surface area contributed by atoms with E-state index in [2.05, 4.69) is 29.2 Å². The summed E-state index contributed by atoms with van der Waals surface area (Å²) in [5, 5.41) is 3.12. The van der Waals surface area contributed by atoms with Crippen LogP contribution in [0.5, 0.6) is 0 Å². The number of nitrogens with two attached hydrogens (primary N) is 1. The van der Waals surface area contributed by atoms with Crippen LogP contribution in [0.15, 0.2) is 29.3 Å². The summed E-state index contributed by atoms with van der Waals surface area (Å²) in [6.45, 7) is 5.27. The number of hydrogen-bond donors (Lipinski definition) is 2. The largest absolute Gasteiger partial charge is 0.380 e. The van der Waals surface area contributed by atoms with Crippen LogP contribution in [0.3, 0.4) is 0 Å². The molecule has 0 aliphatic carbocycles. The average molecular weight is 264 g/mol. The Bertz CT molecular complexity index is 406. The van der Waals surface area contributed by atoms with Crippen molar-refractivity contribution in [2.45, 2.75) is 13.5 Å². The van der Waals surface area contributed by atoms with Gasteiger partial charge in [-0.3, -0.25) is 4.99 Å². The van der Waals surface area contributed by atoms with Gasteiger partial charge in [-0.25, -0.2) is 0 Å². The number of anilines is 1. The highest BCUT2D eigenvalue weighted by Crippen LogP contribution is 2.15. The molecule has 0 atom stereocenters. The van der Waals surface area contributed by atoms with E-state index in [4.69, 9.17) is 10.5 Å². The van der Waals surface area contributed by atoms with Crippen LogP contribution in [0.2, 0.25) is 0 Å². The summed E-state index contributed by atoms with van der Waals surface area (Å²) in [6.07, 6.45) is 0. The molecule has 0 unspecified atom stereocenters. The molecule has 0 aliphatic rings. The number of hydrogen-bond acceptors (Lipinski definition) is 3. The van der Waals surface area contributed by atoms with Crippen molar-refractivity contribution in [1.29, 1.82) is 0 Å². The molecule has 0 aromatic heterocycles. The van der Waals surface area contributed by atoms with E-state index in [-0.39, 0.29) is 0 Å². The summed E-state index contributed by atoms with van der Waals surface area (Å²) in [4.78, 5) is 6.50. The Hall–Kier alpha value is -1.59. The number of para-hydroxylation sites is 1. The lowest BCUT2D eigenvalue weighted by molar-refractivity contribution is 0.185. The topological polar surface area (TPSA) is 62.9 Å². The van der Waals surface area contributed by atoms with Crippen molar-refractivity contribution in [2.24, 2.45) is 10.7 Å². The van der Waals surface area contributed by atoms with E-state index in [9.17, 15) is 0 Å². The highest BCUT2D eigenvalue weighted by molar-refractivity contribution is 5.92. The summed E-state index contributed by atoms with van der Waals surface area (Å²) >= 11 is 0. The Morgan fingerprint density at radius 3 is 2.84 bits per heavy atom. The predicted octanol–water partition coefficient (Wildman–Crippen LogP) is 1.51. The smallest absolute Gasteiger partial charge is 0.193 e. The fourth-order valence-corrected chi connectivity index (χ4v) is 1.60. The van der Waals surface area contributed by atoms with Crippen molar-refractivity contribution in [2.75, 3.05) is 39.1 Å². The normalized spacial score (nSPS) is 11.9. The lowest BCUT2D eigenvalue weighted by Gasteiger charge is -2.13. The molecule has 0 saturated heterocycles. The van der Waals surface area contributed by atoms with Crippen molar-refractivity contribution >= 4 is 11.6 Å². The van der Waals surface area contributed by atoms with Gasteiger partial charge in [-0.1, -0.05) is 25.1 Å². The maximum absolute atomic E-state index is 5.88. The molecule has 0 aliphatic heterocycles. The first-order valence-electron chi connectivity index (χ1n) is 6.49. The molecule has 106 valence electrons. The standard InChI is InChI=1S/C14H24N4O/c1-4-18(2)10-9-16-14(15)17-13-8-6-5-7-12(13)11-19-3/h5-8H,4,9-11H2,1-3H3,(H3,15,16,17). The first-order valence-corrected chi connectivity index (χ1v) is 6.49. The number of nitrogens with one attached hydrogen (secondary N) is 1. The van der Waals surface area contributed by atoms with E-state index in [1.807, 2.05) is 24.3 Å². The first kappa shape index (κ1) is 15.5. The van der Waals surface area contributed by atoms with Gasteiger partial charge in [0.15, 0.2) is 5.96 Å². The number of guanidine groups is 1. The van der Waals surface area contributed by atoms with E-state index in [0.717, 1.165) is 24.3 Å². The van der Waals surface area contributed by atoms with Crippen LogP contribution in [0.25, 0.3) is 0 Å². The third kappa shape index (κ3) is 5.72.